The van der Waals surface area contributed by atoms with Gasteiger partial charge in [0.15, 0.2) is 0 Å². The molecule has 0 radical (unpaired) electrons. The Kier molecular flexibility index (Phi) is 6.01. The minimum atomic E-state index is -0.373. The van der Waals surface area contributed by atoms with E-state index in [9.17, 15) is 9.59 Å². The molecule has 3 heterocycles. The summed E-state index contributed by atoms with van der Waals surface area (Å²) in [4.78, 5) is 30.1. The average Bonchev–Trinajstić information content (AvgIpc) is 3.47. The number of nitrogens with one attached hydrogen (secondary N) is 1. The molecule has 0 saturated carbocycles. The fourth-order valence-electron chi connectivity index (χ4n) is 4.29. The largest absolute Gasteiger partial charge is 0.327 e. The summed E-state index contributed by atoms with van der Waals surface area (Å²) in [5.74, 6) is -0.0334. The lowest BCUT2D eigenvalue weighted by Crippen LogP contribution is -2.53. The number of nitrogens with zero attached hydrogens (tertiary/aromatic N) is 6. The van der Waals surface area contributed by atoms with Crippen LogP contribution < -0.4 is 5.32 Å². The number of hydrogen-bond acceptors (Lipinski definition) is 6. The molecule has 3 amide bonds. The highest BCUT2D eigenvalue weighted by atomic mass is 35.5. The van der Waals surface area contributed by atoms with E-state index in [0.29, 0.717) is 22.8 Å². The fraction of sp³-hybridized carbons (Fsp3) is 0.550. The summed E-state index contributed by atoms with van der Waals surface area (Å²) < 4.78 is 1.51. The van der Waals surface area contributed by atoms with Gasteiger partial charge in [-0.05, 0) is 72.8 Å². The van der Waals surface area contributed by atoms with Crippen LogP contribution in [-0.2, 0) is 11.3 Å². The van der Waals surface area contributed by atoms with Gasteiger partial charge in [0.1, 0.15) is 6.33 Å². The highest BCUT2D eigenvalue weighted by Crippen LogP contribution is 2.26. The highest BCUT2D eigenvalue weighted by Gasteiger charge is 2.39. The standard InChI is InChI=1S/C20H26ClN7O2/c1-13-7-8-22-18(13)19(29)27(20(30)26-9-3-4-14(26)2)11-15-10-16(21)5-6-17(15)28-12-23-24-25-28/h5-6,10,12-14,18,22H,3-4,7-9,11H2,1-2H3/t13-,14?,18+/m0/s1. The molecular weight excluding hydrogens is 406 g/mol. The molecule has 10 heteroatoms. The molecule has 2 saturated heterocycles. The van der Waals surface area contributed by atoms with Crippen molar-refractivity contribution in [3.63, 3.8) is 0 Å². The van der Waals surface area contributed by atoms with Crippen LogP contribution in [0.5, 0.6) is 0 Å². The fourth-order valence-corrected chi connectivity index (χ4v) is 4.49. The molecule has 2 aliphatic rings. The zero-order valence-corrected chi connectivity index (χ0v) is 17.9. The second-order valence-electron chi connectivity index (χ2n) is 8.12. The van der Waals surface area contributed by atoms with Crippen molar-refractivity contribution in [1.29, 1.82) is 0 Å². The van der Waals surface area contributed by atoms with Gasteiger partial charge in [0.05, 0.1) is 18.3 Å². The van der Waals surface area contributed by atoms with Gasteiger partial charge in [-0.1, -0.05) is 18.5 Å². The maximum Gasteiger partial charge on any atom is 0.327 e. The third-order valence-corrected chi connectivity index (χ3v) is 6.30. The number of imide groups is 1. The molecule has 160 valence electrons. The van der Waals surface area contributed by atoms with Crippen LogP contribution in [0.4, 0.5) is 4.79 Å². The summed E-state index contributed by atoms with van der Waals surface area (Å²) in [7, 11) is 0. The van der Waals surface area contributed by atoms with Crippen LogP contribution in [0.3, 0.4) is 0 Å². The zero-order chi connectivity index (χ0) is 21.3. The van der Waals surface area contributed by atoms with Crippen LogP contribution in [0.1, 0.15) is 38.7 Å². The van der Waals surface area contributed by atoms with Crippen molar-refractivity contribution >= 4 is 23.5 Å². The Hall–Kier alpha value is -2.52. The number of amides is 3. The molecule has 1 aromatic carbocycles. The van der Waals surface area contributed by atoms with E-state index in [1.54, 1.807) is 23.1 Å². The molecule has 1 N–H and O–H groups in total. The number of urea groups is 1. The lowest BCUT2D eigenvalue weighted by atomic mass is 10.0. The predicted octanol–water partition coefficient (Wildman–Crippen LogP) is 2.25. The summed E-state index contributed by atoms with van der Waals surface area (Å²) in [5, 5.41) is 15.1. The molecule has 0 aliphatic carbocycles. The van der Waals surface area contributed by atoms with E-state index in [1.807, 2.05) is 13.8 Å². The molecule has 2 fully saturated rings. The molecule has 3 atom stereocenters. The van der Waals surface area contributed by atoms with Gasteiger partial charge in [-0.2, -0.15) is 0 Å². The van der Waals surface area contributed by atoms with Gasteiger partial charge >= 0.3 is 6.03 Å². The van der Waals surface area contributed by atoms with E-state index in [0.717, 1.165) is 25.8 Å². The lowest BCUT2D eigenvalue weighted by molar-refractivity contribution is -0.132. The Morgan fingerprint density at radius 2 is 2.13 bits per heavy atom. The van der Waals surface area contributed by atoms with Crippen LogP contribution in [-0.4, -0.2) is 67.1 Å². The van der Waals surface area contributed by atoms with Crippen molar-refractivity contribution in [3.05, 3.63) is 35.1 Å². The minimum absolute atomic E-state index is 0.0988. The maximum atomic E-state index is 13.5. The molecule has 30 heavy (non-hydrogen) atoms. The third kappa shape index (κ3) is 4.04. The lowest BCUT2D eigenvalue weighted by Gasteiger charge is -2.32. The first-order chi connectivity index (χ1) is 14.5. The van der Waals surface area contributed by atoms with E-state index < -0.39 is 0 Å². The van der Waals surface area contributed by atoms with Gasteiger partial charge in [-0.3, -0.25) is 9.69 Å². The minimum Gasteiger partial charge on any atom is -0.322 e. The van der Waals surface area contributed by atoms with Gasteiger partial charge in [-0.15, -0.1) is 5.10 Å². The third-order valence-electron chi connectivity index (χ3n) is 6.06. The van der Waals surface area contributed by atoms with Gasteiger partial charge in [-0.25, -0.2) is 9.48 Å². The molecule has 1 unspecified atom stereocenters. The smallest absolute Gasteiger partial charge is 0.322 e. The summed E-state index contributed by atoms with van der Waals surface area (Å²) in [6.07, 6.45) is 4.27. The van der Waals surface area contributed by atoms with E-state index >= 15 is 0 Å². The number of benzene rings is 1. The van der Waals surface area contributed by atoms with Crippen molar-refractivity contribution in [2.45, 2.75) is 51.7 Å². The second-order valence-corrected chi connectivity index (χ2v) is 8.55. The zero-order valence-electron chi connectivity index (χ0n) is 17.2. The molecule has 2 aliphatic heterocycles. The van der Waals surface area contributed by atoms with Gasteiger partial charge in [0, 0.05) is 17.6 Å². The summed E-state index contributed by atoms with van der Waals surface area (Å²) in [5.41, 5.74) is 1.38. The van der Waals surface area contributed by atoms with Crippen LogP contribution in [0.2, 0.25) is 5.02 Å². The Morgan fingerprint density at radius 3 is 2.77 bits per heavy atom. The van der Waals surface area contributed by atoms with Gasteiger partial charge in [0.2, 0.25) is 5.91 Å². The van der Waals surface area contributed by atoms with E-state index in [2.05, 4.69) is 20.8 Å². The van der Waals surface area contributed by atoms with Crippen molar-refractivity contribution in [2.75, 3.05) is 13.1 Å². The Morgan fingerprint density at radius 1 is 1.30 bits per heavy atom. The van der Waals surface area contributed by atoms with Crippen LogP contribution in [0, 0.1) is 5.92 Å². The Balaban J connectivity index is 1.69. The number of tetrazole rings is 1. The monoisotopic (exact) mass is 431 g/mol. The quantitative estimate of drug-likeness (QED) is 0.797. The average molecular weight is 432 g/mol. The van der Waals surface area contributed by atoms with Gasteiger partial charge in [0.25, 0.3) is 0 Å². The molecule has 0 spiro atoms. The number of rotatable bonds is 4. The van der Waals surface area contributed by atoms with Gasteiger partial charge < -0.3 is 10.2 Å². The molecule has 1 aromatic heterocycles. The molecule has 2 aromatic rings. The van der Waals surface area contributed by atoms with Crippen LogP contribution >= 0.6 is 11.6 Å². The number of carbonyl (C=O) groups is 2. The summed E-state index contributed by atoms with van der Waals surface area (Å²) in [6.45, 7) is 5.59. The number of hydrogen-bond donors (Lipinski definition) is 1. The van der Waals surface area contributed by atoms with Crippen LogP contribution in [0.25, 0.3) is 5.69 Å². The highest BCUT2D eigenvalue weighted by molar-refractivity contribution is 6.30. The van der Waals surface area contributed by atoms with E-state index in [4.69, 9.17) is 11.6 Å². The molecular formula is C20H26ClN7O2. The molecule has 0 bridgehead atoms. The van der Waals surface area contributed by atoms with Crippen molar-refractivity contribution in [1.82, 2.24) is 35.3 Å². The first kappa shape index (κ1) is 20.7. The first-order valence-electron chi connectivity index (χ1n) is 10.3. The number of aromatic nitrogens is 4. The predicted molar refractivity (Wildman–Crippen MR) is 111 cm³/mol. The summed E-state index contributed by atoms with van der Waals surface area (Å²) >= 11 is 6.25. The van der Waals surface area contributed by atoms with Crippen LogP contribution in [0.15, 0.2) is 24.5 Å². The summed E-state index contributed by atoms with van der Waals surface area (Å²) in [6, 6.07) is 4.76. The normalized spacial score (nSPS) is 23.7. The van der Waals surface area contributed by atoms with Crippen molar-refractivity contribution in [2.24, 2.45) is 5.92 Å². The Labute approximate surface area is 180 Å². The SMILES string of the molecule is CC1CCCN1C(=O)N(Cc1cc(Cl)ccc1-n1cnnn1)C(=O)[C@@H]1NCC[C@@H]1C. The maximum absolute atomic E-state index is 13.5. The second kappa shape index (κ2) is 8.69. The van der Waals surface area contributed by atoms with Crippen molar-refractivity contribution in [3.8, 4) is 5.69 Å². The van der Waals surface area contributed by atoms with E-state index in [-0.39, 0.29) is 36.5 Å². The number of likely N-dealkylation sites (tertiary alicyclic amines) is 1. The Bertz CT molecular complexity index is 888. The topological polar surface area (TPSA) is 96.2 Å². The first-order valence-corrected chi connectivity index (χ1v) is 10.7. The number of carbonyl (C=O) groups excluding carboxylic acids is 2. The van der Waals surface area contributed by atoms with Crippen molar-refractivity contribution < 1.29 is 9.59 Å². The molecule has 9 nitrogen and oxygen atoms in total. The van der Waals surface area contributed by atoms with E-state index in [1.165, 1.54) is 15.9 Å². The molecule has 4 rings (SSSR count). The number of halogens is 1.